The molecule has 1 aliphatic heterocycles. The number of pyridine rings is 1. The summed E-state index contributed by atoms with van der Waals surface area (Å²) in [5, 5.41) is 6.38. The van der Waals surface area contributed by atoms with Gasteiger partial charge in [0.2, 0.25) is 5.91 Å². The SMILES string of the molecule is O=C(Cc1cn2ccccc2n1)NCC1CCCNC1. The fraction of sp³-hybridized carbons (Fsp3) is 0.467. The fourth-order valence-corrected chi connectivity index (χ4v) is 2.66. The minimum absolute atomic E-state index is 0.0546. The molecule has 5 nitrogen and oxygen atoms in total. The Bertz CT molecular complexity index is 553. The fourth-order valence-electron chi connectivity index (χ4n) is 2.66. The molecular weight excluding hydrogens is 252 g/mol. The number of carbonyl (C=O) groups excluding carboxylic acids is 1. The van der Waals surface area contributed by atoms with E-state index in [1.807, 2.05) is 35.0 Å². The van der Waals surface area contributed by atoms with E-state index in [4.69, 9.17) is 0 Å². The maximum atomic E-state index is 12.0. The molecule has 3 rings (SSSR count). The highest BCUT2D eigenvalue weighted by Gasteiger charge is 2.14. The van der Waals surface area contributed by atoms with Crippen LogP contribution in [0.5, 0.6) is 0 Å². The van der Waals surface area contributed by atoms with Gasteiger partial charge in [0.1, 0.15) is 5.65 Å². The van der Waals surface area contributed by atoms with Crippen molar-refractivity contribution in [1.29, 1.82) is 0 Å². The summed E-state index contributed by atoms with van der Waals surface area (Å²) < 4.78 is 1.94. The highest BCUT2D eigenvalue weighted by atomic mass is 16.1. The standard InChI is InChI=1S/C15H20N4O/c20-15(17-10-12-4-3-6-16-9-12)8-13-11-19-7-2-1-5-14(19)18-13/h1-2,5,7,11-12,16H,3-4,6,8-10H2,(H,17,20). The van der Waals surface area contributed by atoms with Crippen molar-refractivity contribution in [2.45, 2.75) is 19.3 Å². The first kappa shape index (κ1) is 13.1. The lowest BCUT2D eigenvalue weighted by Gasteiger charge is -2.22. The lowest BCUT2D eigenvalue weighted by molar-refractivity contribution is -0.120. The van der Waals surface area contributed by atoms with Gasteiger partial charge in [-0.15, -0.1) is 0 Å². The van der Waals surface area contributed by atoms with Crippen molar-refractivity contribution < 1.29 is 4.79 Å². The first-order valence-electron chi connectivity index (χ1n) is 7.21. The molecule has 0 bridgehead atoms. The topological polar surface area (TPSA) is 58.4 Å². The van der Waals surface area contributed by atoms with E-state index in [0.29, 0.717) is 12.3 Å². The third-order valence-corrected chi connectivity index (χ3v) is 3.74. The number of rotatable bonds is 4. The summed E-state index contributed by atoms with van der Waals surface area (Å²) in [5.74, 6) is 0.618. The molecular formula is C15H20N4O. The molecule has 20 heavy (non-hydrogen) atoms. The first-order valence-corrected chi connectivity index (χ1v) is 7.21. The lowest BCUT2D eigenvalue weighted by atomic mass is 10.00. The summed E-state index contributed by atoms with van der Waals surface area (Å²) in [4.78, 5) is 16.4. The van der Waals surface area contributed by atoms with E-state index in [1.165, 1.54) is 12.8 Å². The molecule has 1 unspecified atom stereocenters. The molecule has 106 valence electrons. The second-order valence-electron chi connectivity index (χ2n) is 5.39. The molecule has 1 aliphatic rings. The molecule has 1 saturated heterocycles. The molecule has 0 saturated carbocycles. The molecule has 0 aliphatic carbocycles. The summed E-state index contributed by atoms with van der Waals surface area (Å²) in [6, 6.07) is 5.84. The van der Waals surface area contributed by atoms with Crippen LogP contribution in [-0.4, -0.2) is 34.9 Å². The Morgan fingerprint density at radius 1 is 1.50 bits per heavy atom. The van der Waals surface area contributed by atoms with Crippen molar-refractivity contribution >= 4 is 11.6 Å². The minimum atomic E-state index is 0.0546. The van der Waals surface area contributed by atoms with Gasteiger partial charge in [0, 0.05) is 18.9 Å². The lowest BCUT2D eigenvalue weighted by Crippen LogP contribution is -2.38. The summed E-state index contributed by atoms with van der Waals surface area (Å²) >= 11 is 0. The molecule has 2 aromatic heterocycles. The Morgan fingerprint density at radius 2 is 2.45 bits per heavy atom. The number of hydrogen-bond donors (Lipinski definition) is 2. The number of aromatic nitrogens is 2. The highest BCUT2D eigenvalue weighted by molar-refractivity contribution is 5.78. The van der Waals surface area contributed by atoms with Gasteiger partial charge in [0.25, 0.3) is 0 Å². The van der Waals surface area contributed by atoms with Crippen molar-refractivity contribution in [2.24, 2.45) is 5.92 Å². The molecule has 0 spiro atoms. The van der Waals surface area contributed by atoms with Crippen LogP contribution in [0.2, 0.25) is 0 Å². The van der Waals surface area contributed by atoms with E-state index in [-0.39, 0.29) is 5.91 Å². The smallest absolute Gasteiger partial charge is 0.226 e. The third-order valence-electron chi connectivity index (χ3n) is 3.74. The van der Waals surface area contributed by atoms with Crippen LogP contribution in [0.3, 0.4) is 0 Å². The van der Waals surface area contributed by atoms with E-state index in [0.717, 1.165) is 31.0 Å². The van der Waals surface area contributed by atoms with Crippen molar-refractivity contribution in [3.63, 3.8) is 0 Å². The average molecular weight is 272 g/mol. The molecule has 1 fully saturated rings. The minimum Gasteiger partial charge on any atom is -0.355 e. The van der Waals surface area contributed by atoms with Gasteiger partial charge in [-0.2, -0.15) is 0 Å². The van der Waals surface area contributed by atoms with Crippen LogP contribution in [0, 0.1) is 5.92 Å². The Labute approximate surface area is 118 Å². The molecule has 0 radical (unpaired) electrons. The zero-order valence-corrected chi connectivity index (χ0v) is 11.5. The number of nitrogens with zero attached hydrogens (tertiary/aromatic N) is 2. The normalized spacial score (nSPS) is 19.1. The first-order chi connectivity index (χ1) is 9.81. The average Bonchev–Trinajstić information content (AvgIpc) is 2.88. The second kappa shape index (κ2) is 6.05. The zero-order chi connectivity index (χ0) is 13.8. The number of amides is 1. The summed E-state index contributed by atoms with van der Waals surface area (Å²) in [5.41, 5.74) is 1.70. The number of carbonyl (C=O) groups is 1. The van der Waals surface area contributed by atoms with Crippen molar-refractivity contribution in [3.8, 4) is 0 Å². The number of imidazole rings is 1. The van der Waals surface area contributed by atoms with Crippen LogP contribution < -0.4 is 10.6 Å². The molecule has 2 N–H and O–H groups in total. The van der Waals surface area contributed by atoms with Crippen molar-refractivity contribution in [3.05, 3.63) is 36.3 Å². The summed E-state index contributed by atoms with van der Waals surface area (Å²) in [7, 11) is 0. The van der Waals surface area contributed by atoms with Crippen LogP contribution in [0.15, 0.2) is 30.6 Å². The molecule has 5 heteroatoms. The number of nitrogens with one attached hydrogen (secondary N) is 2. The van der Waals surface area contributed by atoms with E-state index in [2.05, 4.69) is 15.6 Å². The van der Waals surface area contributed by atoms with Gasteiger partial charge < -0.3 is 15.0 Å². The van der Waals surface area contributed by atoms with E-state index < -0.39 is 0 Å². The van der Waals surface area contributed by atoms with E-state index in [1.54, 1.807) is 0 Å². The van der Waals surface area contributed by atoms with Crippen LogP contribution in [0.4, 0.5) is 0 Å². The quantitative estimate of drug-likeness (QED) is 0.873. The maximum absolute atomic E-state index is 12.0. The highest BCUT2D eigenvalue weighted by Crippen LogP contribution is 2.09. The van der Waals surface area contributed by atoms with E-state index >= 15 is 0 Å². The number of fused-ring (bicyclic) bond motifs is 1. The van der Waals surface area contributed by atoms with Crippen molar-refractivity contribution in [2.75, 3.05) is 19.6 Å². The largest absolute Gasteiger partial charge is 0.355 e. The van der Waals surface area contributed by atoms with Gasteiger partial charge in [0.15, 0.2) is 0 Å². The Morgan fingerprint density at radius 3 is 3.25 bits per heavy atom. The number of hydrogen-bond acceptors (Lipinski definition) is 3. The summed E-state index contributed by atoms with van der Waals surface area (Å²) in [6.45, 7) is 2.87. The Hall–Kier alpha value is -1.88. The van der Waals surface area contributed by atoms with Gasteiger partial charge in [-0.3, -0.25) is 4.79 Å². The Balaban J connectivity index is 1.52. The van der Waals surface area contributed by atoms with Crippen LogP contribution in [0.25, 0.3) is 5.65 Å². The number of piperidine rings is 1. The van der Waals surface area contributed by atoms with Crippen LogP contribution in [0.1, 0.15) is 18.5 Å². The zero-order valence-electron chi connectivity index (χ0n) is 11.5. The van der Waals surface area contributed by atoms with Gasteiger partial charge in [-0.1, -0.05) is 6.07 Å². The summed E-state index contributed by atoms with van der Waals surface area (Å²) in [6.07, 6.45) is 6.60. The third kappa shape index (κ3) is 3.17. The predicted molar refractivity (Wildman–Crippen MR) is 77.5 cm³/mol. The molecule has 2 aromatic rings. The van der Waals surface area contributed by atoms with Crippen molar-refractivity contribution in [1.82, 2.24) is 20.0 Å². The molecule has 1 atom stereocenters. The molecule has 3 heterocycles. The van der Waals surface area contributed by atoms with Gasteiger partial charge in [-0.05, 0) is 44.0 Å². The maximum Gasteiger partial charge on any atom is 0.226 e. The van der Waals surface area contributed by atoms with Gasteiger partial charge in [0.05, 0.1) is 12.1 Å². The van der Waals surface area contributed by atoms with Gasteiger partial charge >= 0.3 is 0 Å². The monoisotopic (exact) mass is 272 g/mol. The van der Waals surface area contributed by atoms with Crippen LogP contribution >= 0.6 is 0 Å². The van der Waals surface area contributed by atoms with Crippen LogP contribution in [-0.2, 0) is 11.2 Å². The molecule has 0 aromatic carbocycles. The predicted octanol–water partition coefficient (Wildman–Crippen LogP) is 0.993. The van der Waals surface area contributed by atoms with Gasteiger partial charge in [-0.25, -0.2) is 4.98 Å². The molecule has 1 amide bonds. The van der Waals surface area contributed by atoms with E-state index in [9.17, 15) is 4.79 Å². The Kier molecular flexibility index (Phi) is 3.97. The second-order valence-corrected chi connectivity index (χ2v) is 5.39.